The van der Waals surface area contributed by atoms with E-state index in [-0.39, 0.29) is 17.7 Å². The van der Waals surface area contributed by atoms with Crippen LogP contribution in [0, 0.1) is 25.2 Å². The van der Waals surface area contributed by atoms with Gasteiger partial charge in [-0.1, -0.05) is 42.1 Å². The zero-order chi connectivity index (χ0) is 19.2. The summed E-state index contributed by atoms with van der Waals surface area (Å²) >= 11 is 1.34. The average molecular weight is 381 g/mol. The monoisotopic (exact) mass is 380 g/mol. The van der Waals surface area contributed by atoms with E-state index in [0.29, 0.717) is 10.6 Å². The standard InChI is InChI=1S/C21H24N4OS/c1-15-10-16(2)23-21(19(15)11-22)27-14-20(26)24-18-8-9-25(13-18)12-17-6-4-3-5-7-17/h3-7,10,18H,8-9,12-14H2,1-2H3,(H,24,26). The van der Waals surface area contributed by atoms with Gasteiger partial charge in [-0.15, -0.1) is 0 Å². The minimum absolute atomic E-state index is 0.00332. The second-order valence-corrected chi connectivity index (χ2v) is 7.90. The molecule has 1 N–H and O–H groups in total. The molecule has 5 nitrogen and oxygen atoms in total. The van der Waals surface area contributed by atoms with Gasteiger partial charge in [0.15, 0.2) is 0 Å². The van der Waals surface area contributed by atoms with E-state index in [1.165, 1.54) is 17.3 Å². The van der Waals surface area contributed by atoms with Crippen LogP contribution in [0.4, 0.5) is 0 Å². The molecule has 1 aliphatic rings. The molecule has 2 aromatic rings. The Morgan fingerprint density at radius 1 is 1.37 bits per heavy atom. The second-order valence-electron chi connectivity index (χ2n) is 6.93. The van der Waals surface area contributed by atoms with E-state index >= 15 is 0 Å². The first kappa shape index (κ1) is 19.4. The molecule has 140 valence electrons. The van der Waals surface area contributed by atoms with E-state index < -0.39 is 0 Å². The molecule has 0 spiro atoms. The molecule has 2 heterocycles. The van der Waals surface area contributed by atoms with E-state index in [9.17, 15) is 10.1 Å². The third-order valence-electron chi connectivity index (χ3n) is 4.65. The number of pyridine rings is 1. The zero-order valence-corrected chi connectivity index (χ0v) is 16.6. The average Bonchev–Trinajstić information content (AvgIpc) is 3.07. The summed E-state index contributed by atoms with van der Waals surface area (Å²) < 4.78 is 0. The van der Waals surface area contributed by atoms with Gasteiger partial charge in [0.2, 0.25) is 5.91 Å². The van der Waals surface area contributed by atoms with Crippen LogP contribution < -0.4 is 5.32 Å². The van der Waals surface area contributed by atoms with Crippen LogP contribution in [0.1, 0.15) is 28.8 Å². The van der Waals surface area contributed by atoms with Crippen LogP contribution in [0.2, 0.25) is 0 Å². The molecule has 0 bridgehead atoms. The number of nitrogens with zero attached hydrogens (tertiary/aromatic N) is 3. The first-order chi connectivity index (χ1) is 13.0. The number of nitrogens with one attached hydrogen (secondary N) is 1. The number of benzene rings is 1. The maximum absolute atomic E-state index is 12.3. The third kappa shape index (κ3) is 5.31. The Morgan fingerprint density at radius 2 is 2.15 bits per heavy atom. The summed E-state index contributed by atoms with van der Waals surface area (Å²) in [5.41, 5.74) is 3.63. The van der Waals surface area contributed by atoms with Crippen molar-refractivity contribution in [2.75, 3.05) is 18.8 Å². The van der Waals surface area contributed by atoms with Crippen LogP contribution in [0.5, 0.6) is 0 Å². The van der Waals surface area contributed by atoms with E-state index in [1.54, 1.807) is 0 Å². The summed E-state index contributed by atoms with van der Waals surface area (Å²) in [6, 6.07) is 14.7. The largest absolute Gasteiger partial charge is 0.351 e. The van der Waals surface area contributed by atoms with Gasteiger partial charge in [0, 0.05) is 31.4 Å². The highest BCUT2D eigenvalue weighted by Crippen LogP contribution is 2.23. The molecule has 1 aromatic heterocycles. The normalized spacial score (nSPS) is 16.9. The molecule has 1 saturated heterocycles. The lowest BCUT2D eigenvalue weighted by molar-refractivity contribution is -0.119. The molecule has 0 saturated carbocycles. The number of nitriles is 1. The van der Waals surface area contributed by atoms with Crippen molar-refractivity contribution in [3.05, 3.63) is 58.8 Å². The Morgan fingerprint density at radius 3 is 2.89 bits per heavy atom. The number of carbonyl (C=O) groups is 1. The maximum Gasteiger partial charge on any atom is 0.230 e. The highest BCUT2D eigenvalue weighted by atomic mass is 32.2. The van der Waals surface area contributed by atoms with Gasteiger partial charge in [0.05, 0.1) is 11.3 Å². The number of amides is 1. The van der Waals surface area contributed by atoms with Crippen molar-refractivity contribution in [1.82, 2.24) is 15.2 Å². The molecular formula is C21H24N4OS. The lowest BCUT2D eigenvalue weighted by Crippen LogP contribution is -2.38. The number of hydrogen-bond acceptors (Lipinski definition) is 5. The summed E-state index contributed by atoms with van der Waals surface area (Å²) in [5.74, 6) is 0.274. The first-order valence-corrected chi connectivity index (χ1v) is 10.1. The minimum atomic E-state index is -0.00332. The molecule has 27 heavy (non-hydrogen) atoms. The van der Waals surface area contributed by atoms with Crippen molar-refractivity contribution < 1.29 is 4.79 Å². The van der Waals surface area contributed by atoms with E-state index in [4.69, 9.17) is 0 Å². The molecule has 1 unspecified atom stereocenters. The molecule has 6 heteroatoms. The van der Waals surface area contributed by atoms with Crippen LogP contribution in [-0.4, -0.2) is 40.7 Å². The number of aryl methyl sites for hydroxylation is 2. The topological polar surface area (TPSA) is 69.0 Å². The van der Waals surface area contributed by atoms with Gasteiger partial charge in [-0.2, -0.15) is 5.26 Å². The predicted molar refractivity (Wildman–Crippen MR) is 107 cm³/mol. The smallest absolute Gasteiger partial charge is 0.230 e. The number of hydrogen-bond donors (Lipinski definition) is 1. The molecule has 0 radical (unpaired) electrons. The SMILES string of the molecule is Cc1cc(C)c(C#N)c(SCC(=O)NC2CCN(Cc3ccccc3)C2)n1. The molecule has 1 aliphatic heterocycles. The molecule has 3 rings (SSSR count). The van der Waals surface area contributed by atoms with Crippen LogP contribution >= 0.6 is 11.8 Å². The Labute approximate surface area is 164 Å². The van der Waals surface area contributed by atoms with Crippen LogP contribution in [0.3, 0.4) is 0 Å². The van der Waals surface area contributed by atoms with Crippen LogP contribution in [0.15, 0.2) is 41.4 Å². The Hall–Kier alpha value is -2.36. The predicted octanol–water partition coefficient (Wildman–Crippen LogP) is 3.05. The van der Waals surface area contributed by atoms with Gasteiger partial charge >= 0.3 is 0 Å². The fourth-order valence-corrected chi connectivity index (χ4v) is 4.29. The Balaban J connectivity index is 1.49. The van der Waals surface area contributed by atoms with Crippen LogP contribution in [0.25, 0.3) is 0 Å². The quantitative estimate of drug-likeness (QED) is 0.780. The highest BCUT2D eigenvalue weighted by molar-refractivity contribution is 8.00. The molecule has 0 aliphatic carbocycles. The van der Waals surface area contributed by atoms with Gasteiger partial charge in [-0.25, -0.2) is 4.98 Å². The molecular weight excluding hydrogens is 356 g/mol. The van der Waals surface area contributed by atoms with Gasteiger partial charge < -0.3 is 5.32 Å². The van der Waals surface area contributed by atoms with E-state index in [1.807, 2.05) is 26.0 Å². The van der Waals surface area contributed by atoms with Gasteiger partial charge in [-0.05, 0) is 37.5 Å². The number of carbonyl (C=O) groups excluding carboxylic acids is 1. The van der Waals surface area contributed by atoms with Crippen molar-refractivity contribution >= 4 is 17.7 Å². The molecule has 1 amide bonds. The summed E-state index contributed by atoms with van der Waals surface area (Å²) in [5, 5.41) is 13.1. The fraction of sp³-hybridized carbons (Fsp3) is 0.381. The fourth-order valence-electron chi connectivity index (χ4n) is 3.38. The minimum Gasteiger partial charge on any atom is -0.351 e. The molecule has 1 aromatic carbocycles. The van der Waals surface area contributed by atoms with Crippen molar-refractivity contribution in [2.24, 2.45) is 0 Å². The summed E-state index contributed by atoms with van der Waals surface area (Å²) in [6.07, 6.45) is 0.967. The van der Waals surface area contributed by atoms with E-state index in [0.717, 1.165) is 37.3 Å². The van der Waals surface area contributed by atoms with Crippen molar-refractivity contribution in [3.8, 4) is 6.07 Å². The summed E-state index contributed by atoms with van der Waals surface area (Å²) in [6.45, 7) is 6.58. The molecule has 1 fully saturated rings. The lowest BCUT2D eigenvalue weighted by Gasteiger charge is -2.17. The second kappa shape index (κ2) is 9.03. The number of likely N-dealkylation sites (tertiary alicyclic amines) is 1. The lowest BCUT2D eigenvalue weighted by atomic mass is 10.1. The third-order valence-corrected chi connectivity index (χ3v) is 5.63. The summed E-state index contributed by atoms with van der Waals surface area (Å²) in [7, 11) is 0. The van der Waals surface area contributed by atoms with Crippen molar-refractivity contribution in [3.63, 3.8) is 0 Å². The number of thioether (sulfide) groups is 1. The molecule has 1 atom stereocenters. The van der Waals surface area contributed by atoms with Gasteiger partial charge in [0.25, 0.3) is 0 Å². The van der Waals surface area contributed by atoms with E-state index in [2.05, 4.69) is 45.5 Å². The van der Waals surface area contributed by atoms with Gasteiger partial charge in [-0.3, -0.25) is 9.69 Å². The summed E-state index contributed by atoms with van der Waals surface area (Å²) in [4.78, 5) is 19.1. The van der Waals surface area contributed by atoms with Gasteiger partial charge in [0.1, 0.15) is 11.1 Å². The van der Waals surface area contributed by atoms with Crippen molar-refractivity contribution in [1.29, 1.82) is 5.26 Å². The number of aromatic nitrogens is 1. The zero-order valence-electron chi connectivity index (χ0n) is 15.7. The first-order valence-electron chi connectivity index (χ1n) is 9.12. The Bertz CT molecular complexity index is 847. The van der Waals surface area contributed by atoms with Crippen LogP contribution in [-0.2, 0) is 11.3 Å². The van der Waals surface area contributed by atoms with Crippen molar-refractivity contribution in [2.45, 2.75) is 37.9 Å². The highest BCUT2D eigenvalue weighted by Gasteiger charge is 2.24. The maximum atomic E-state index is 12.3. The number of rotatable bonds is 6. The Kier molecular flexibility index (Phi) is 6.49.